The fourth-order valence-corrected chi connectivity index (χ4v) is 2.62. The van der Waals surface area contributed by atoms with Crippen molar-refractivity contribution in [1.29, 1.82) is 0 Å². The van der Waals surface area contributed by atoms with Crippen molar-refractivity contribution in [3.63, 3.8) is 0 Å². The largest absolute Gasteiger partial charge is 0.504 e. The van der Waals surface area contributed by atoms with Crippen LogP contribution in [0.4, 0.5) is 0 Å². The van der Waals surface area contributed by atoms with Gasteiger partial charge in [0.05, 0.1) is 16.7 Å². The summed E-state index contributed by atoms with van der Waals surface area (Å²) in [6.07, 6.45) is 3.78. The first-order valence-electron chi connectivity index (χ1n) is 6.73. The van der Waals surface area contributed by atoms with Crippen molar-refractivity contribution >= 4 is 16.7 Å². The van der Waals surface area contributed by atoms with Crippen LogP contribution in [0.5, 0.6) is 5.75 Å². The maximum atomic E-state index is 9.84. The number of aromatic hydroxyl groups is 1. The number of aromatic nitrogens is 4. The molecule has 5 heteroatoms. The lowest BCUT2D eigenvalue weighted by atomic mass is 10.1. The van der Waals surface area contributed by atoms with Crippen LogP contribution in [0, 0.1) is 6.92 Å². The minimum Gasteiger partial charge on any atom is -0.504 e. The molecule has 1 N–H and O–H groups in total. The van der Waals surface area contributed by atoms with Gasteiger partial charge in [-0.15, -0.1) is 0 Å². The number of rotatable bonds is 1. The summed E-state index contributed by atoms with van der Waals surface area (Å²) >= 11 is 0. The predicted molar refractivity (Wildman–Crippen MR) is 81.3 cm³/mol. The van der Waals surface area contributed by atoms with Crippen LogP contribution in [0.3, 0.4) is 0 Å². The van der Waals surface area contributed by atoms with Crippen molar-refractivity contribution in [2.24, 2.45) is 7.05 Å². The van der Waals surface area contributed by atoms with Gasteiger partial charge in [-0.25, -0.2) is 9.97 Å². The molecule has 0 saturated carbocycles. The van der Waals surface area contributed by atoms with Crippen LogP contribution in [-0.2, 0) is 7.05 Å². The fraction of sp³-hybridized carbons (Fsp3) is 0.125. The lowest BCUT2D eigenvalue weighted by molar-refractivity contribution is 0.477. The molecule has 0 bridgehead atoms. The van der Waals surface area contributed by atoms with E-state index in [1.807, 2.05) is 42.9 Å². The Morgan fingerprint density at radius 2 is 2.00 bits per heavy atom. The summed E-state index contributed by atoms with van der Waals surface area (Å²) in [5, 5.41) is 9.84. The molecule has 4 rings (SSSR count). The normalized spacial score (nSPS) is 11.5. The molecule has 0 aliphatic heterocycles. The van der Waals surface area contributed by atoms with Crippen molar-refractivity contribution in [2.45, 2.75) is 6.92 Å². The molecule has 104 valence electrons. The summed E-state index contributed by atoms with van der Waals surface area (Å²) in [4.78, 5) is 9.05. The lowest BCUT2D eigenvalue weighted by Gasteiger charge is -1.98. The number of pyridine rings is 1. The Morgan fingerprint density at radius 1 is 1.14 bits per heavy atom. The maximum absolute atomic E-state index is 9.84. The zero-order valence-corrected chi connectivity index (χ0v) is 11.8. The molecule has 0 radical (unpaired) electrons. The van der Waals surface area contributed by atoms with E-state index in [0.29, 0.717) is 5.65 Å². The first-order chi connectivity index (χ1) is 10.1. The number of imidazole rings is 2. The van der Waals surface area contributed by atoms with E-state index in [-0.39, 0.29) is 5.75 Å². The standard InChI is InChI=1S/C16H14N4O/c1-10-17-12-8-11(5-6-14(12)19(10)2)13-9-20-7-3-4-15(21)16(20)18-13/h3-9,21H,1-2H3. The zero-order chi connectivity index (χ0) is 14.6. The van der Waals surface area contributed by atoms with E-state index < -0.39 is 0 Å². The lowest BCUT2D eigenvalue weighted by Crippen LogP contribution is -1.89. The van der Waals surface area contributed by atoms with Crippen LogP contribution >= 0.6 is 0 Å². The molecule has 0 spiro atoms. The molecule has 21 heavy (non-hydrogen) atoms. The van der Waals surface area contributed by atoms with Crippen LogP contribution in [0.15, 0.2) is 42.7 Å². The number of hydrogen-bond donors (Lipinski definition) is 1. The van der Waals surface area contributed by atoms with Gasteiger partial charge in [-0.2, -0.15) is 0 Å². The van der Waals surface area contributed by atoms with E-state index in [9.17, 15) is 5.11 Å². The molecule has 0 amide bonds. The molecule has 3 heterocycles. The molecule has 0 fully saturated rings. The number of fused-ring (bicyclic) bond motifs is 2. The van der Waals surface area contributed by atoms with E-state index in [1.165, 1.54) is 0 Å². The second kappa shape index (κ2) is 4.09. The fourth-order valence-electron chi connectivity index (χ4n) is 2.62. The summed E-state index contributed by atoms with van der Waals surface area (Å²) in [6, 6.07) is 9.54. The molecule has 5 nitrogen and oxygen atoms in total. The van der Waals surface area contributed by atoms with Gasteiger partial charge in [0.25, 0.3) is 0 Å². The Hall–Kier alpha value is -2.82. The summed E-state index contributed by atoms with van der Waals surface area (Å²) < 4.78 is 3.88. The molecule has 0 unspecified atom stereocenters. The van der Waals surface area contributed by atoms with Gasteiger partial charge in [0, 0.05) is 25.0 Å². The van der Waals surface area contributed by atoms with Crippen molar-refractivity contribution in [1.82, 2.24) is 18.9 Å². The molecule has 0 saturated heterocycles. The van der Waals surface area contributed by atoms with E-state index in [0.717, 1.165) is 28.1 Å². The third-order valence-electron chi connectivity index (χ3n) is 3.86. The number of hydrogen-bond acceptors (Lipinski definition) is 3. The first kappa shape index (κ1) is 12.0. The van der Waals surface area contributed by atoms with E-state index >= 15 is 0 Å². The molecule has 3 aromatic heterocycles. The SMILES string of the molecule is Cc1nc2cc(-c3cn4cccc(O)c4n3)ccc2n1C. The predicted octanol–water partition coefficient (Wildman–Crippen LogP) is 2.90. The molecule has 0 atom stereocenters. The number of nitrogens with zero attached hydrogens (tertiary/aromatic N) is 4. The first-order valence-corrected chi connectivity index (χ1v) is 6.73. The molecule has 0 aliphatic rings. The highest BCUT2D eigenvalue weighted by molar-refractivity contribution is 5.82. The third-order valence-corrected chi connectivity index (χ3v) is 3.86. The van der Waals surface area contributed by atoms with Crippen LogP contribution in [0.2, 0.25) is 0 Å². The van der Waals surface area contributed by atoms with Crippen LogP contribution < -0.4 is 0 Å². The molecular formula is C16H14N4O. The van der Waals surface area contributed by atoms with Crippen molar-refractivity contribution in [3.05, 3.63) is 48.5 Å². The second-order valence-corrected chi connectivity index (χ2v) is 5.17. The Morgan fingerprint density at radius 3 is 2.81 bits per heavy atom. The maximum Gasteiger partial charge on any atom is 0.180 e. The van der Waals surface area contributed by atoms with Gasteiger partial charge in [0.2, 0.25) is 0 Å². The third kappa shape index (κ3) is 1.71. The van der Waals surface area contributed by atoms with Gasteiger partial charge in [-0.1, -0.05) is 6.07 Å². The smallest absolute Gasteiger partial charge is 0.180 e. The average molecular weight is 278 g/mol. The highest BCUT2D eigenvalue weighted by Gasteiger charge is 2.10. The number of benzene rings is 1. The van der Waals surface area contributed by atoms with Crippen molar-refractivity contribution in [2.75, 3.05) is 0 Å². The van der Waals surface area contributed by atoms with Crippen molar-refractivity contribution < 1.29 is 5.11 Å². The summed E-state index contributed by atoms with van der Waals surface area (Å²) in [5.41, 5.74) is 4.42. The van der Waals surface area contributed by atoms with E-state index in [2.05, 4.69) is 20.6 Å². The quantitative estimate of drug-likeness (QED) is 0.582. The van der Waals surface area contributed by atoms with Gasteiger partial charge in [0.1, 0.15) is 5.82 Å². The molecule has 4 aromatic rings. The van der Waals surface area contributed by atoms with Gasteiger partial charge >= 0.3 is 0 Å². The Labute approximate surface area is 121 Å². The Bertz CT molecular complexity index is 981. The van der Waals surface area contributed by atoms with Crippen LogP contribution in [0.1, 0.15) is 5.82 Å². The zero-order valence-electron chi connectivity index (χ0n) is 11.8. The van der Waals surface area contributed by atoms with Gasteiger partial charge in [-0.05, 0) is 31.2 Å². The highest BCUT2D eigenvalue weighted by Crippen LogP contribution is 2.26. The monoisotopic (exact) mass is 278 g/mol. The molecular weight excluding hydrogens is 264 g/mol. The minimum absolute atomic E-state index is 0.179. The van der Waals surface area contributed by atoms with Gasteiger partial charge in [0.15, 0.2) is 11.4 Å². The minimum atomic E-state index is 0.179. The van der Waals surface area contributed by atoms with Gasteiger partial charge in [-0.3, -0.25) is 0 Å². The Kier molecular flexibility index (Phi) is 2.33. The summed E-state index contributed by atoms with van der Waals surface area (Å²) in [7, 11) is 2.01. The molecule has 0 aliphatic carbocycles. The topological polar surface area (TPSA) is 55.4 Å². The van der Waals surface area contributed by atoms with Crippen LogP contribution in [0.25, 0.3) is 27.9 Å². The van der Waals surface area contributed by atoms with E-state index in [1.54, 1.807) is 12.1 Å². The second-order valence-electron chi connectivity index (χ2n) is 5.17. The van der Waals surface area contributed by atoms with E-state index in [4.69, 9.17) is 0 Å². The average Bonchev–Trinajstić information content (AvgIpc) is 3.02. The summed E-state index contributed by atoms with van der Waals surface area (Å²) in [6.45, 7) is 1.99. The summed E-state index contributed by atoms with van der Waals surface area (Å²) in [5.74, 6) is 1.16. The van der Waals surface area contributed by atoms with Gasteiger partial charge < -0.3 is 14.1 Å². The van der Waals surface area contributed by atoms with Crippen molar-refractivity contribution in [3.8, 4) is 17.0 Å². The number of aryl methyl sites for hydroxylation is 2. The Balaban J connectivity index is 1.93. The molecule has 1 aromatic carbocycles. The van der Waals surface area contributed by atoms with Crippen LogP contribution in [-0.4, -0.2) is 24.0 Å². The highest BCUT2D eigenvalue weighted by atomic mass is 16.3.